The Labute approximate surface area is 115 Å². The predicted octanol–water partition coefficient (Wildman–Crippen LogP) is 1.89. The summed E-state index contributed by atoms with van der Waals surface area (Å²) >= 11 is 0. The molecule has 0 spiro atoms. The van der Waals surface area contributed by atoms with Crippen molar-refractivity contribution in [1.82, 2.24) is 4.90 Å². The second-order valence-electron chi connectivity index (χ2n) is 5.15. The summed E-state index contributed by atoms with van der Waals surface area (Å²) < 4.78 is 11.3. The summed E-state index contributed by atoms with van der Waals surface area (Å²) in [5.41, 5.74) is 6.17. The maximum atomic E-state index is 6.14. The molecular weight excluding hydrogens is 240 g/mol. The number of likely N-dealkylation sites (tertiary alicyclic amines) is 1. The number of hydrogen-bond donors (Lipinski definition) is 1. The first kappa shape index (κ1) is 14.2. The molecule has 0 bridgehead atoms. The van der Waals surface area contributed by atoms with Crippen molar-refractivity contribution in [2.75, 3.05) is 32.8 Å². The molecule has 1 saturated heterocycles. The number of para-hydroxylation sites is 2. The molecule has 2 N–H and O–H groups in total. The molecule has 19 heavy (non-hydrogen) atoms. The van der Waals surface area contributed by atoms with Crippen LogP contribution in [0.3, 0.4) is 0 Å². The molecule has 1 aliphatic rings. The van der Waals surface area contributed by atoms with Gasteiger partial charge in [-0.15, -0.1) is 0 Å². The smallest absolute Gasteiger partial charge is 0.161 e. The van der Waals surface area contributed by atoms with E-state index in [-0.39, 0.29) is 5.54 Å². The maximum Gasteiger partial charge on any atom is 0.161 e. The molecule has 1 fully saturated rings. The predicted molar refractivity (Wildman–Crippen MR) is 76.8 cm³/mol. The van der Waals surface area contributed by atoms with Gasteiger partial charge in [0.25, 0.3) is 0 Å². The lowest BCUT2D eigenvalue weighted by Gasteiger charge is -2.47. The standard InChI is InChI=1S/C15H24N2O2/c1-3-15(16)11-17(12-15)9-10-19-14-8-6-5-7-13(14)18-4-2/h5-8H,3-4,9-12,16H2,1-2H3. The molecule has 0 atom stereocenters. The number of hydrogen-bond acceptors (Lipinski definition) is 4. The fourth-order valence-electron chi connectivity index (χ4n) is 2.35. The van der Waals surface area contributed by atoms with Crippen LogP contribution in [0.1, 0.15) is 20.3 Å². The van der Waals surface area contributed by atoms with Gasteiger partial charge in [-0.05, 0) is 25.5 Å². The van der Waals surface area contributed by atoms with Crippen LogP contribution in [-0.4, -0.2) is 43.3 Å². The van der Waals surface area contributed by atoms with Gasteiger partial charge in [-0.1, -0.05) is 19.1 Å². The van der Waals surface area contributed by atoms with E-state index in [4.69, 9.17) is 15.2 Å². The maximum absolute atomic E-state index is 6.14. The number of ether oxygens (including phenoxy) is 2. The molecule has 4 heteroatoms. The molecule has 4 nitrogen and oxygen atoms in total. The normalized spacial score (nSPS) is 17.8. The van der Waals surface area contributed by atoms with Crippen LogP contribution in [0.2, 0.25) is 0 Å². The van der Waals surface area contributed by atoms with Gasteiger partial charge in [-0.25, -0.2) is 0 Å². The molecular formula is C15H24N2O2. The Morgan fingerprint density at radius 1 is 1.16 bits per heavy atom. The minimum atomic E-state index is 0.0310. The minimum absolute atomic E-state index is 0.0310. The van der Waals surface area contributed by atoms with Crippen LogP contribution >= 0.6 is 0 Å². The van der Waals surface area contributed by atoms with Crippen molar-refractivity contribution in [1.29, 1.82) is 0 Å². The second-order valence-corrected chi connectivity index (χ2v) is 5.15. The first-order chi connectivity index (χ1) is 9.17. The highest BCUT2D eigenvalue weighted by Gasteiger charge is 2.37. The Bertz CT molecular complexity index is 403. The zero-order chi connectivity index (χ0) is 13.7. The molecule has 1 aromatic rings. The zero-order valence-electron chi connectivity index (χ0n) is 11.9. The van der Waals surface area contributed by atoms with E-state index in [9.17, 15) is 0 Å². The quantitative estimate of drug-likeness (QED) is 0.817. The molecule has 0 aromatic heterocycles. The molecule has 1 aliphatic heterocycles. The molecule has 106 valence electrons. The van der Waals surface area contributed by atoms with Crippen molar-refractivity contribution in [3.8, 4) is 11.5 Å². The largest absolute Gasteiger partial charge is 0.490 e. The summed E-state index contributed by atoms with van der Waals surface area (Å²) in [4.78, 5) is 2.33. The summed E-state index contributed by atoms with van der Waals surface area (Å²) in [5.74, 6) is 1.63. The first-order valence-corrected chi connectivity index (χ1v) is 7.03. The van der Waals surface area contributed by atoms with Crippen molar-refractivity contribution in [2.45, 2.75) is 25.8 Å². The van der Waals surface area contributed by atoms with E-state index in [1.807, 2.05) is 31.2 Å². The van der Waals surface area contributed by atoms with Gasteiger partial charge in [-0.3, -0.25) is 4.90 Å². The molecule has 1 aromatic carbocycles. The fraction of sp³-hybridized carbons (Fsp3) is 0.600. The molecule has 1 heterocycles. The fourth-order valence-corrected chi connectivity index (χ4v) is 2.35. The SMILES string of the molecule is CCOc1ccccc1OCCN1CC(N)(CC)C1. The number of nitrogens with two attached hydrogens (primary N) is 1. The van der Waals surface area contributed by atoms with Gasteiger partial charge in [0, 0.05) is 25.2 Å². The summed E-state index contributed by atoms with van der Waals surface area (Å²) in [5, 5.41) is 0. The summed E-state index contributed by atoms with van der Waals surface area (Å²) in [6.07, 6.45) is 1.04. The van der Waals surface area contributed by atoms with E-state index >= 15 is 0 Å². The molecule has 0 saturated carbocycles. The minimum Gasteiger partial charge on any atom is -0.490 e. The third kappa shape index (κ3) is 3.61. The summed E-state index contributed by atoms with van der Waals surface area (Å²) in [7, 11) is 0. The summed E-state index contributed by atoms with van der Waals surface area (Å²) in [6.45, 7) is 8.30. The highest BCUT2D eigenvalue weighted by molar-refractivity contribution is 5.39. The average molecular weight is 264 g/mol. The lowest BCUT2D eigenvalue weighted by molar-refractivity contribution is 0.0545. The molecule has 0 amide bonds. The van der Waals surface area contributed by atoms with Crippen LogP contribution in [0, 0.1) is 0 Å². The highest BCUT2D eigenvalue weighted by atomic mass is 16.5. The average Bonchev–Trinajstić information content (AvgIpc) is 2.38. The number of rotatable bonds is 7. The Hall–Kier alpha value is -1.26. The van der Waals surface area contributed by atoms with E-state index in [0.717, 1.165) is 37.6 Å². The van der Waals surface area contributed by atoms with Gasteiger partial charge in [0.05, 0.1) is 6.61 Å². The van der Waals surface area contributed by atoms with Gasteiger partial charge >= 0.3 is 0 Å². The van der Waals surface area contributed by atoms with Crippen molar-refractivity contribution >= 4 is 0 Å². The monoisotopic (exact) mass is 264 g/mol. The first-order valence-electron chi connectivity index (χ1n) is 7.03. The molecule has 0 unspecified atom stereocenters. The third-order valence-corrected chi connectivity index (χ3v) is 3.60. The van der Waals surface area contributed by atoms with Crippen LogP contribution in [0.5, 0.6) is 11.5 Å². The lowest BCUT2D eigenvalue weighted by Crippen LogP contribution is -2.67. The zero-order valence-corrected chi connectivity index (χ0v) is 11.9. The van der Waals surface area contributed by atoms with Gasteiger partial charge in [0.1, 0.15) is 6.61 Å². The number of nitrogens with zero attached hydrogens (tertiary/aromatic N) is 1. The van der Waals surface area contributed by atoms with E-state index in [1.165, 1.54) is 0 Å². The highest BCUT2D eigenvalue weighted by Crippen LogP contribution is 2.26. The van der Waals surface area contributed by atoms with Gasteiger partial charge in [-0.2, -0.15) is 0 Å². The van der Waals surface area contributed by atoms with Crippen molar-refractivity contribution in [2.24, 2.45) is 5.73 Å². The van der Waals surface area contributed by atoms with Gasteiger partial charge in [0.15, 0.2) is 11.5 Å². The van der Waals surface area contributed by atoms with E-state index in [0.29, 0.717) is 13.2 Å². The van der Waals surface area contributed by atoms with Crippen LogP contribution in [0.4, 0.5) is 0 Å². The molecule has 2 rings (SSSR count). The van der Waals surface area contributed by atoms with Crippen molar-refractivity contribution in [3.63, 3.8) is 0 Å². The summed E-state index contributed by atoms with van der Waals surface area (Å²) in [6, 6.07) is 7.80. The topological polar surface area (TPSA) is 47.7 Å². The van der Waals surface area contributed by atoms with E-state index in [1.54, 1.807) is 0 Å². The lowest BCUT2D eigenvalue weighted by atomic mass is 9.88. The Kier molecular flexibility index (Phi) is 4.66. The molecule has 0 radical (unpaired) electrons. The van der Waals surface area contributed by atoms with Crippen LogP contribution in [0.25, 0.3) is 0 Å². The number of benzene rings is 1. The second kappa shape index (κ2) is 6.26. The molecule has 0 aliphatic carbocycles. The van der Waals surface area contributed by atoms with Crippen LogP contribution in [-0.2, 0) is 0 Å². The van der Waals surface area contributed by atoms with Crippen LogP contribution < -0.4 is 15.2 Å². The van der Waals surface area contributed by atoms with Gasteiger partial charge in [0.2, 0.25) is 0 Å². The Morgan fingerprint density at radius 2 is 1.79 bits per heavy atom. The Morgan fingerprint density at radius 3 is 2.37 bits per heavy atom. The van der Waals surface area contributed by atoms with E-state index < -0.39 is 0 Å². The Balaban J connectivity index is 1.75. The van der Waals surface area contributed by atoms with Crippen molar-refractivity contribution in [3.05, 3.63) is 24.3 Å². The van der Waals surface area contributed by atoms with Gasteiger partial charge < -0.3 is 15.2 Å². The van der Waals surface area contributed by atoms with Crippen LogP contribution in [0.15, 0.2) is 24.3 Å². The third-order valence-electron chi connectivity index (χ3n) is 3.60. The van der Waals surface area contributed by atoms with E-state index in [2.05, 4.69) is 11.8 Å². The van der Waals surface area contributed by atoms with Crippen molar-refractivity contribution < 1.29 is 9.47 Å².